The van der Waals surface area contributed by atoms with Crippen molar-refractivity contribution >= 4 is 21.5 Å². The average molecular weight is 326 g/mol. The molecule has 2 fully saturated rings. The van der Waals surface area contributed by atoms with E-state index in [2.05, 4.69) is 24.3 Å². The molecule has 2 saturated heterocycles. The zero-order valence-electron chi connectivity index (χ0n) is 12.6. The fourth-order valence-corrected chi connectivity index (χ4v) is 3.30. The van der Waals surface area contributed by atoms with Crippen molar-refractivity contribution in [2.24, 2.45) is 0 Å². The van der Waals surface area contributed by atoms with E-state index in [-0.39, 0.29) is 13.6 Å². The molecule has 122 valence electrons. The van der Waals surface area contributed by atoms with Gasteiger partial charge in [-0.2, -0.15) is 9.78 Å². The molecule has 0 amide bonds. The predicted octanol–water partition coefficient (Wildman–Crippen LogP) is 3.86. The molecule has 5 rings (SSSR count). The molecule has 2 atom stereocenters. The Kier molecular flexibility index (Phi) is 3.45. The van der Waals surface area contributed by atoms with Crippen LogP contribution in [-0.2, 0) is 29.0 Å². The van der Waals surface area contributed by atoms with Crippen LogP contribution in [0, 0.1) is 0 Å². The zero-order valence-corrected chi connectivity index (χ0v) is 12.6. The van der Waals surface area contributed by atoms with Crippen molar-refractivity contribution in [1.82, 2.24) is 0 Å². The van der Waals surface area contributed by atoms with E-state index in [0.717, 1.165) is 32.7 Å². The number of hydrogen-bond acceptors (Lipinski definition) is 6. The summed E-state index contributed by atoms with van der Waals surface area (Å²) < 4.78 is 11.1. The molecule has 2 unspecified atom stereocenters. The van der Waals surface area contributed by atoms with Crippen LogP contribution < -0.4 is 0 Å². The van der Waals surface area contributed by atoms with E-state index in [1.165, 1.54) is 0 Å². The van der Waals surface area contributed by atoms with Gasteiger partial charge in [0.15, 0.2) is 13.6 Å². The zero-order chi connectivity index (χ0) is 15.9. The quantitative estimate of drug-likeness (QED) is 0.526. The number of hydrogen-bond donors (Lipinski definition) is 0. The highest BCUT2D eigenvalue weighted by molar-refractivity contribution is 6.11. The largest absolute Gasteiger partial charge is 0.316 e. The Bertz CT molecular complexity index is 822. The van der Waals surface area contributed by atoms with Crippen molar-refractivity contribution in [2.45, 2.75) is 12.6 Å². The van der Waals surface area contributed by atoms with Crippen molar-refractivity contribution in [3.8, 4) is 0 Å². The molecule has 0 aliphatic carbocycles. The highest BCUT2D eigenvalue weighted by atomic mass is 17.3. The van der Waals surface area contributed by atoms with E-state index in [1.54, 1.807) is 0 Å². The summed E-state index contributed by atoms with van der Waals surface area (Å²) in [5.74, 6) is 0. The molecule has 0 aromatic heterocycles. The molecule has 0 spiro atoms. The lowest BCUT2D eigenvalue weighted by atomic mass is 9.94. The SMILES string of the molecule is c1cc(C2OCOO2)c2c(c1)ccc1cccc(C3OCOO3)c12. The topological polar surface area (TPSA) is 55.4 Å². The molecule has 2 heterocycles. The van der Waals surface area contributed by atoms with Crippen molar-refractivity contribution < 1.29 is 29.0 Å². The number of fused-ring (bicyclic) bond motifs is 3. The van der Waals surface area contributed by atoms with Crippen LogP contribution in [0.5, 0.6) is 0 Å². The summed E-state index contributed by atoms with van der Waals surface area (Å²) in [6.45, 7) is 0.225. The van der Waals surface area contributed by atoms with Gasteiger partial charge in [-0.25, -0.2) is 9.78 Å². The maximum absolute atomic E-state index is 5.53. The van der Waals surface area contributed by atoms with Gasteiger partial charge >= 0.3 is 0 Å². The number of ether oxygens (including phenoxy) is 2. The Balaban J connectivity index is 1.84. The van der Waals surface area contributed by atoms with Crippen molar-refractivity contribution in [3.05, 3.63) is 59.7 Å². The third kappa shape index (κ3) is 2.21. The smallest absolute Gasteiger partial charge is 0.220 e. The van der Waals surface area contributed by atoms with E-state index in [9.17, 15) is 0 Å². The Morgan fingerprint density at radius 1 is 0.625 bits per heavy atom. The lowest BCUT2D eigenvalue weighted by Gasteiger charge is -2.16. The van der Waals surface area contributed by atoms with Gasteiger partial charge in [-0.3, -0.25) is 0 Å². The first kappa shape index (κ1) is 14.3. The summed E-state index contributed by atoms with van der Waals surface area (Å²) >= 11 is 0. The minimum atomic E-state index is -0.561. The van der Waals surface area contributed by atoms with Gasteiger partial charge in [-0.05, 0) is 21.5 Å². The lowest BCUT2D eigenvalue weighted by molar-refractivity contribution is -0.279. The highest BCUT2D eigenvalue weighted by Gasteiger charge is 2.27. The van der Waals surface area contributed by atoms with Crippen LogP contribution in [0.15, 0.2) is 48.5 Å². The molecule has 2 aliphatic rings. The van der Waals surface area contributed by atoms with Crippen molar-refractivity contribution in [3.63, 3.8) is 0 Å². The molecule has 0 saturated carbocycles. The van der Waals surface area contributed by atoms with Gasteiger partial charge in [0, 0.05) is 11.1 Å². The van der Waals surface area contributed by atoms with E-state index < -0.39 is 12.6 Å². The van der Waals surface area contributed by atoms with Gasteiger partial charge in [-0.15, -0.1) is 0 Å². The van der Waals surface area contributed by atoms with E-state index >= 15 is 0 Å². The van der Waals surface area contributed by atoms with E-state index in [4.69, 9.17) is 29.0 Å². The number of rotatable bonds is 2. The van der Waals surface area contributed by atoms with Crippen LogP contribution in [0.1, 0.15) is 23.7 Å². The summed E-state index contributed by atoms with van der Waals surface area (Å²) in [4.78, 5) is 20.3. The summed E-state index contributed by atoms with van der Waals surface area (Å²) in [5, 5.41) is 4.20. The summed E-state index contributed by atoms with van der Waals surface area (Å²) in [6.07, 6.45) is -1.12. The standard InChI is InChI=1S/C18H14O6/c1-3-11-7-8-12-4-2-6-14(18-20-10-22-24-18)16(12)15(11)13(5-1)17-19-9-21-23-17/h1-8,17-18H,9-10H2. The molecule has 0 bridgehead atoms. The predicted molar refractivity (Wildman–Crippen MR) is 83.2 cm³/mol. The van der Waals surface area contributed by atoms with Gasteiger partial charge < -0.3 is 9.47 Å². The van der Waals surface area contributed by atoms with E-state index in [1.807, 2.05) is 24.3 Å². The van der Waals surface area contributed by atoms with Gasteiger partial charge in [0.2, 0.25) is 12.6 Å². The minimum Gasteiger partial charge on any atom is -0.316 e. The van der Waals surface area contributed by atoms with Crippen molar-refractivity contribution in [1.29, 1.82) is 0 Å². The maximum atomic E-state index is 5.53. The molecule has 6 nitrogen and oxygen atoms in total. The molecule has 24 heavy (non-hydrogen) atoms. The van der Waals surface area contributed by atoms with Gasteiger partial charge in [0.05, 0.1) is 0 Å². The summed E-state index contributed by atoms with van der Waals surface area (Å²) in [6, 6.07) is 16.2. The molecule has 3 aromatic rings. The first-order valence-corrected chi connectivity index (χ1v) is 7.66. The normalized spacial score (nSPS) is 24.2. The monoisotopic (exact) mass is 326 g/mol. The van der Waals surface area contributed by atoms with E-state index in [0.29, 0.717) is 0 Å². The Hall–Kier alpha value is -2.06. The highest BCUT2D eigenvalue weighted by Crippen LogP contribution is 2.39. The molecule has 6 heteroatoms. The summed E-state index contributed by atoms with van der Waals surface area (Å²) in [5.41, 5.74) is 1.81. The van der Waals surface area contributed by atoms with Crippen LogP contribution in [0.2, 0.25) is 0 Å². The van der Waals surface area contributed by atoms with Crippen LogP contribution >= 0.6 is 0 Å². The Morgan fingerprint density at radius 2 is 1.12 bits per heavy atom. The fraction of sp³-hybridized carbons (Fsp3) is 0.222. The molecule has 0 N–H and O–H groups in total. The van der Waals surface area contributed by atoms with Gasteiger partial charge in [0.25, 0.3) is 0 Å². The van der Waals surface area contributed by atoms with Crippen LogP contribution in [0.4, 0.5) is 0 Å². The molecular weight excluding hydrogens is 312 g/mol. The average Bonchev–Trinajstić information content (AvgIpc) is 3.34. The van der Waals surface area contributed by atoms with Gasteiger partial charge in [-0.1, -0.05) is 48.5 Å². The third-order valence-electron chi connectivity index (χ3n) is 4.30. The molecular formula is C18H14O6. The van der Waals surface area contributed by atoms with Crippen LogP contribution in [0.3, 0.4) is 0 Å². The lowest BCUT2D eigenvalue weighted by Crippen LogP contribution is -2.02. The third-order valence-corrected chi connectivity index (χ3v) is 4.30. The second-order valence-electron chi connectivity index (χ2n) is 5.62. The minimum absolute atomic E-state index is 0.112. The molecule has 3 aromatic carbocycles. The van der Waals surface area contributed by atoms with Crippen molar-refractivity contribution in [2.75, 3.05) is 13.6 Å². The fourth-order valence-electron chi connectivity index (χ4n) is 3.30. The molecule has 0 radical (unpaired) electrons. The second kappa shape index (κ2) is 5.78. The summed E-state index contributed by atoms with van der Waals surface area (Å²) in [7, 11) is 0. The van der Waals surface area contributed by atoms with Gasteiger partial charge in [0.1, 0.15) is 0 Å². The Morgan fingerprint density at radius 3 is 1.54 bits per heavy atom. The first-order valence-electron chi connectivity index (χ1n) is 7.66. The second-order valence-corrected chi connectivity index (χ2v) is 5.62. The van der Waals surface area contributed by atoms with Crippen LogP contribution in [-0.4, -0.2) is 13.6 Å². The first-order chi connectivity index (χ1) is 11.9. The van der Waals surface area contributed by atoms with Crippen LogP contribution in [0.25, 0.3) is 21.5 Å². The number of benzene rings is 3. The molecule has 2 aliphatic heterocycles. The maximum Gasteiger partial charge on any atom is 0.220 e. The Labute approximate surface area is 137 Å².